The number of alkyl carbamates (subject to hydrolysis) is 1. The second-order valence-corrected chi connectivity index (χ2v) is 8.05. The predicted molar refractivity (Wildman–Crippen MR) is 95.7 cm³/mol. The molecule has 126 valence electrons. The Morgan fingerprint density at radius 3 is 2.41 bits per heavy atom. The minimum atomic E-state index is -0.489. The van der Waals surface area contributed by atoms with E-state index >= 15 is 0 Å². The molecule has 1 amide bonds. The molecule has 0 radical (unpaired) electrons. The lowest BCUT2D eigenvalue weighted by atomic mass is 9.88. The molecule has 1 aromatic rings. The molecule has 1 unspecified atom stereocenters. The van der Waals surface area contributed by atoms with Gasteiger partial charge < -0.3 is 19.8 Å². The van der Waals surface area contributed by atoms with Crippen LogP contribution in [0.25, 0.3) is 0 Å². The lowest BCUT2D eigenvalue weighted by molar-refractivity contribution is 0.0502. The second kappa shape index (κ2) is 7.68. The van der Waals surface area contributed by atoms with Crippen LogP contribution in [-0.2, 0) is 11.3 Å². The zero-order valence-electron chi connectivity index (χ0n) is 14.2. The summed E-state index contributed by atoms with van der Waals surface area (Å²) in [5.41, 5.74) is -0.744. The number of halogens is 1. The monoisotopic (exact) mass is 422 g/mol. The van der Waals surface area contributed by atoms with Crippen LogP contribution in [0.2, 0.25) is 0 Å². The molecule has 0 spiro atoms. The van der Waals surface area contributed by atoms with Crippen molar-refractivity contribution in [2.45, 2.75) is 59.2 Å². The summed E-state index contributed by atoms with van der Waals surface area (Å²) in [5, 5.41) is 6.32. The van der Waals surface area contributed by atoms with Crippen LogP contribution in [0.15, 0.2) is 16.5 Å². The highest BCUT2D eigenvalue weighted by Crippen LogP contribution is 2.18. The van der Waals surface area contributed by atoms with Crippen molar-refractivity contribution in [1.82, 2.24) is 10.6 Å². The molecule has 0 saturated heterocycles. The summed E-state index contributed by atoms with van der Waals surface area (Å²) < 4.78 is 11.7. The SMILES string of the molecule is CC(C)C(C)(CNC(=O)OC(C)(C)C)NCc1ccc(I)o1. The molecular weight excluding hydrogens is 395 g/mol. The van der Waals surface area contributed by atoms with Crippen molar-refractivity contribution in [1.29, 1.82) is 0 Å². The fraction of sp³-hybridized carbons (Fsp3) is 0.688. The lowest BCUT2D eigenvalue weighted by Gasteiger charge is -2.35. The second-order valence-electron chi connectivity index (χ2n) is 6.99. The van der Waals surface area contributed by atoms with Crippen LogP contribution in [0.3, 0.4) is 0 Å². The molecule has 1 atom stereocenters. The van der Waals surface area contributed by atoms with Crippen molar-refractivity contribution in [2.75, 3.05) is 6.54 Å². The molecule has 0 aromatic carbocycles. The van der Waals surface area contributed by atoms with E-state index in [9.17, 15) is 4.79 Å². The fourth-order valence-corrected chi connectivity index (χ4v) is 2.24. The van der Waals surface area contributed by atoms with Gasteiger partial charge in [0.2, 0.25) is 0 Å². The Labute approximate surface area is 146 Å². The van der Waals surface area contributed by atoms with Crippen LogP contribution >= 0.6 is 22.6 Å². The van der Waals surface area contributed by atoms with Crippen molar-refractivity contribution < 1.29 is 13.9 Å². The predicted octanol–water partition coefficient (Wildman–Crippen LogP) is 3.91. The van der Waals surface area contributed by atoms with E-state index in [0.29, 0.717) is 19.0 Å². The Kier molecular flexibility index (Phi) is 6.73. The van der Waals surface area contributed by atoms with Gasteiger partial charge in [-0.1, -0.05) is 13.8 Å². The van der Waals surface area contributed by atoms with Crippen LogP contribution in [-0.4, -0.2) is 23.8 Å². The number of hydrogen-bond acceptors (Lipinski definition) is 4. The Morgan fingerprint density at radius 1 is 1.32 bits per heavy atom. The van der Waals surface area contributed by atoms with Gasteiger partial charge in [0.15, 0.2) is 3.77 Å². The molecule has 2 N–H and O–H groups in total. The van der Waals surface area contributed by atoms with E-state index in [1.54, 1.807) is 0 Å². The average Bonchev–Trinajstić information content (AvgIpc) is 2.77. The summed E-state index contributed by atoms with van der Waals surface area (Å²) >= 11 is 2.14. The van der Waals surface area contributed by atoms with Crippen LogP contribution < -0.4 is 10.6 Å². The highest BCUT2D eigenvalue weighted by Gasteiger charge is 2.29. The van der Waals surface area contributed by atoms with Crippen LogP contribution in [0, 0.1) is 9.68 Å². The topological polar surface area (TPSA) is 63.5 Å². The number of carbonyl (C=O) groups excluding carboxylic acids is 1. The molecule has 0 fully saturated rings. The number of nitrogens with one attached hydrogen (secondary N) is 2. The van der Waals surface area contributed by atoms with E-state index in [-0.39, 0.29) is 5.54 Å². The Hall–Kier alpha value is -0.760. The molecule has 0 bridgehead atoms. The van der Waals surface area contributed by atoms with Crippen molar-refractivity contribution in [3.63, 3.8) is 0 Å². The molecule has 0 saturated carbocycles. The minimum absolute atomic E-state index is 0.255. The highest BCUT2D eigenvalue weighted by molar-refractivity contribution is 14.1. The lowest BCUT2D eigenvalue weighted by Crippen LogP contribution is -2.55. The first-order valence-corrected chi connectivity index (χ1v) is 8.56. The van der Waals surface area contributed by atoms with Gasteiger partial charge in [0.05, 0.1) is 6.54 Å². The van der Waals surface area contributed by atoms with Gasteiger partial charge in [-0.3, -0.25) is 0 Å². The first-order valence-electron chi connectivity index (χ1n) is 7.48. The standard InChI is InChI=1S/C16H27IN2O3/c1-11(2)16(6,10-18-14(20)22-15(3,4)5)19-9-12-7-8-13(17)21-12/h7-8,11,19H,9-10H2,1-6H3,(H,18,20). The molecule has 1 aromatic heterocycles. The molecule has 1 heterocycles. The van der Waals surface area contributed by atoms with E-state index in [2.05, 4.69) is 54.0 Å². The van der Waals surface area contributed by atoms with Gasteiger partial charge in [-0.05, 0) is 68.3 Å². The van der Waals surface area contributed by atoms with Crippen LogP contribution in [0.4, 0.5) is 4.79 Å². The molecule has 1 rings (SSSR count). The summed E-state index contributed by atoms with van der Waals surface area (Å²) in [6.07, 6.45) is -0.395. The maximum Gasteiger partial charge on any atom is 0.407 e. The van der Waals surface area contributed by atoms with E-state index in [4.69, 9.17) is 9.15 Å². The summed E-state index contributed by atoms with van der Waals surface area (Å²) in [7, 11) is 0. The summed E-state index contributed by atoms with van der Waals surface area (Å²) in [5.74, 6) is 1.21. The minimum Gasteiger partial charge on any atom is -0.454 e. The molecule has 5 nitrogen and oxygen atoms in total. The molecule has 0 aliphatic rings. The fourth-order valence-electron chi connectivity index (χ4n) is 1.78. The first-order chi connectivity index (χ1) is 10.0. The molecule has 6 heteroatoms. The van der Waals surface area contributed by atoms with Gasteiger partial charge in [0.1, 0.15) is 11.4 Å². The zero-order valence-corrected chi connectivity index (χ0v) is 16.4. The first kappa shape index (κ1) is 19.3. The zero-order chi connectivity index (χ0) is 17.0. The van der Waals surface area contributed by atoms with Crippen molar-refractivity contribution in [3.05, 3.63) is 21.7 Å². The third-order valence-corrected chi connectivity index (χ3v) is 4.15. The van der Waals surface area contributed by atoms with Crippen molar-refractivity contribution in [2.24, 2.45) is 5.92 Å². The molecular formula is C16H27IN2O3. The van der Waals surface area contributed by atoms with Crippen LogP contribution in [0.1, 0.15) is 47.3 Å². The largest absolute Gasteiger partial charge is 0.454 e. The van der Waals surface area contributed by atoms with E-state index < -0.39 is 11.7 Å². The molecule has 0 aliphatic carbocycles. The summed E-state index contributed by atoms with van der Waals surface area (Å²) in [6, 6.07) is 3.89. The summed E-state index contributed by atoms with van der Waals surface area (Å²) in [4.78, 5) is 11.8. The number of amides is 1. The third-order valence-electron chi connectivity index (χ3n) is 3.57. The normalized spacial score (nSPS) is 14.7. The number of furan rings is 1. The maximum atomic E-state index is 11.8. The van der Waals surface area contributed by atoms with Crippen LogP contribution in [0.5, 0.6) is 0 Å². The molecule has 22 heavy (non-hydrogen) atoms. The number of carbonyl (C=O) groups is 1. The van der Waals surface area contributed by atoms with Crippen molar-refractivity contribution >= 4 is 28.7 Å². The maximum absolute atomic E-state index is 11.8. The average molecular weight is 422 g/mol. The summed E-state index contributed by atoms with van der Waals surface area (Å²) in [6.45, 7) is 13.0. The number of ether oxygens (including phenoxy) is 1. The smallest absolute Gasteiger partial charge is 0.407 e. The van der Waals surface area contributed by atoms with Gasteiger partial charge in [0, 0.05) is 12.1 Å². The Balaban J connectivity index is 2.57. The highest BCUT2D eigenvalue weighted by atomic mass is 127. The Bertz CT molecular complexity index is 494. The van der Waals surface area contributed by atoms with Gasteiger partial charge in [-0.2, -0.15) is 0 Å². The number of rotatable bonds is 6. The van der Waals surface area contributed by atoms with Gasteiger partial charge >= 0.3 is 6.09 Å². The van der Waals surface area contributed by atoms with Gasteiger partial charge in [0.25, 0.3) is 0 Å². The van der Waals surface area contributed by atoms with Gasteiger partial charge in [-0.25, -0.2) is 4.79 Å². The Morgan fingerprint density at radius 2 is 1.95 bits per heavy atom. The van der Waals surface area contributed by atoms with E-state index in [1.807, 2.05) is 32.9 Å². The van der Waals surface area contributed by atoms with E-state index in [0.717, 1.165) is 9.53 Å². The molecule has 0 aliphatic heterocycles. The van der Waals surface area contributed by atoms with Gasteiger partial charge in [-0.15, -0.1) is 0 Å². The number of hydrogen-bond donors (Lipinski definition) is 2. The quantitative estimate of drug-likeness (QED) is 0.683. The van der Waals surface area contributed by atoms with Crippen molar-refractivity contribution in [3.8, 4) is 0 Å². The third kappa shape index (κ3) is 6.56. The van der Waals surface area contributed by atoms with E-state index in [1.165, 1.54) is 0 Å².